The van der Waals surface area contributed by atoms with Crippen LogP contribution in [-0.2, 0) is 28.9 Å². The third-order valence-corrected chi connectivity index (χ3v) is 6.69. The molecule has 2 aromatic rings. The first-order valence-corrected chi connectivity index (χ1v) is 10.9. The number of hydrogen-bond acceptors (Lipinski definition) is 6. The predicted octanol–water partition coefficient (Wildman–Crippen LogP) is 3.50. The number of amides is 1. The molecule has 29 heavy (non-hydrogen) atoms. The molecule has 4 rings (SSSR count). The Morgan fingerprint density at radius 2 is 2.00 bits per heavy atom. The van der Waals surface area contributed by atoms with Crippen LogP contribution in [0.5, 0.6) is 0 Å². The van der Waals surface area contributed by atoms with E-state index < -0.39 is 0 Å². The molecule has 0 bridgehead atoms. The number of carbonyl (C=O) groups is 2. The van der Waals surface area contributed by atoms with Crippen LogP contribution in [0.2, 0.25) is 0 Å². The Bertz CT molecular complexity index is 902. The Balaban J connectivity index is 1.53. The summed E-state index contributed by atoms with van der Waals surface area (Å²) in [6.45, 7) is 4.10. The van der Waals surface area contributed by atoms with Crippen molar-refractivity contribution < 1.29 is 19.1 Å². The van der Waals surface area contributed by atoms with Gasteiger partial charge >= 0.3 is 5.97 Å². The number of thiophene rings is 1. The van der Waals surface area contributed by atoms with E-state index in [1.54, 1.807) is 0 Å². The van der Waals surface area contributed by atoms with E-state index in [1.165, 1.54) is 23.3 Å². The number of esters is 1. The number of benzene rings is 1. The molecule has 1 saturated heterocycles. The van der Waals surface area contributed by atoms with E-state index >= 15 is 0 Å². The molecule has 1 aliphatic heterocycles. The number of ether oxygens (including phenoxy) is 2. The molecule has 1 aromatic carbocycles. The van der Waals surface area contributed by atoms with Gasteiger partial charge in [0.2, 0.25) is 0 Å². The molecule has 1 fully saturated rings. The highest BCUT2D eigenvalue weighted by atomic mass is 32.1. The largest absolute Gasteiger partial charge is 0.465 e. The van der Waals surface area contributed by atoms with Crippen LogP contribution in [0.1, 0.15) is 49.6 Å². The van der Waals surface area contributed by atoms with Crippen LogP contribution >= 0.6 is 11.3 Å². The van der Waals surface area contributed by atoms with Crippen LogP contribution in [0.4, 0.5) is 5.00 Å². The maximum absolute atomic E-state index is 12.9. The molecular formula is C22H26N2O4S. The van der Waals surface area contributed by atoms with Gasteiger partial charge in [0.15, 0.2) is 0 Å². The molecule has 2 heterocycles. The minimum Gasteiger partial charge on any atom is -0.465 e. The fourth-order valence-electron chi connectivity index (χ4n) is 3.98. The van der Waals surface area contributed by atoms with Gasteiger partial charge in [-0.2, -0.15) is 0 Å². The highest BCUT2D eigenvalue weighted by Gasteiger charge is 2.27. The summed E-state index contributed by atoms with van der Waals surface area (Å²) in [4.78, 5) is 28.8. The summed E-state index contributed by atoms with van der Waals surface area (Å²) in [5.41, 5.74) is 3.27. The van der Waals surface area contributed by atoms with E-state index in [1.807, 2.05) is 24.3 Å². The molecule has 1 aromatic heterocycles. The van der Waals surface area contributed by atoms with Crippen molar-refractivity contribution in [1.82, 2.24) is 4.90 Å². The summed E-state index contributed by atoms with van der Waals surface area (Å²) in [7, 11) is 1.38. The zero-order valence-electron chi connectivity index (χ0n) is 16.7. The highest BCUT2D eigenvalue weighted by Crippen LogP contribution is 2.38. The van der Waals surface area contributed by atoms with Gasteiger partial charge in [-0.25, -0.2) is 4.79 Å². The number of fused-ring (bicyclic) bond motifs is 1. The Kier molecular flexibility index (Phi) is 6.28. The van der Waals surface area contributed by atoms with Crippen molar-refractivity contribution >= 4 is 28.2 Å². The van der Waals surface area contributed by atoms with Crippen LogP contribution in [0.3, 0.4) is 0 Å². The number of morpholine rings is 1. The first kappa shape index (κ1) is 20.1. The summed E-state index contributed by atoms with van der Waals surface area (Å²) in [5.74, 6) is -0.571. The van der Waals surface area contributed by atoms with Crippen molar-refractivity contribution in [2.45, 2.75) is 32.2 Å². The molecule has 154 valence electrons. The van der Waals surface area contributed by atoms with E-state index in [4.69, 9.17) is 9.47 Å². The second-order valence-electron chi connectivity index (χ2n) is 7.45. The Morgan fingerprint density at radius 3 is 2.79 bits per heavy atom. The smallest absolute Gasteiger partial charge is 0.341 e. The Hall–Kier alpha value is -2.22. The van der Waals surface area contributed by atoms with Gasteiger partial charge in [0.25, 0.3) is 5.91 Å². The fraction of sp³-hybridized carbons (Fsp3) is 0.455. The van der Waals surface area contributed by atoms with Crippen molar-refractivity contribution in [3.63, 3.8) is 0 Å². The number of rotatable bonds is 5. The lowest BCUT2D eigenvalue weighted by molar-refractivity contribution is 0.0342. The van der Waals surface area contributed by atoms with Gasteiger partial charge in [-0.1, -0.05) is 12.1 Å². The summed E-state index contributed by atoms with van der Waals surface area (Å²) in [5, 5.41) is 3.58. The predicted molar refractivity (Wildman–Crippen MR) is 113 cm³/mol. The average molecular weight is 415 g/mol. The van der Waals surface area contributed by atoms with Gasteiger partial charge in [-0.15, -0.1) is 11.3 Å². The minimum atomic E-state index is -0.374. The fourth-order valence-corrected chi connectivity index (χ4v) is 5.25. The number of methoxy groups -OCH3 is 1. The topological polar surface area (TPSA) is 67.9 Å². The van der Waals surface area contributed by atoms with Crippen LogP contribution in [0.15, 0.2) is 24.3 Å². The molecule has 0 unspecified atom stereocenters. The normalized spacial score (nSPS) is 16.9. The number of nitrogens with zero attached hydrogens (tertiary/aromatic N) is 1. The molecular weight excluding hydrogens is 388 g/mol. The Labute approximate surface area is 174 Å². The molecule has 1 amide bonds. The quantitative estimate of drug-likeness (QED) is 0.759. The number of hydrogen-bond donors (Lipinski definition) is 1. The lowest BCUT2D eigenvalue weighted by atomic mass is 9.95. The summed E-state index contributed by atoms with van der Waals surface area (Å²) < 4.78 is 10.4. The second kappa shape index (κ2) is 9.07. The highest BCUT2D eigenvalue weighted by molar-refractivity contribution is 7.17. The minimum absolute atomic E-state index is 0.197. The monoisotopic (exact) mass is 414 g/mol. The zero-order valence-corrected chi connectivity index (χ0v) is 17.5. The maximum Gasteiger partial charge on any atom is 0.341 e. The van der Waals surface area contributed by atoms with Crippen LogP contribution < -0.4 is 5.32 Å². The summed E-state index contributed by atoms with van der Waals surface area (Å²) in [6, 6.07) is 7.68. The number of carbonyl (C=O) groups excluding carboxylic acids is 2. The lowest BCUT2D eigenvalue weighted by Crippen LogP contribution is -2.35. The molecule has 1 N–H and O–H groups in total. The molecule has 7 heteroatoms. The van der Waals surface area contributed by atoms with Gasteiger partial charge in [-0.3, -0.25) is 9.69 Å². The van der Waals surface area contributed by atoms with Gasteiger partial charge in [0, 0.05) is 30.1 Å². The first-order chi connectivity index (χ1) is 14.2. The third kappa shape index (κ3) is 4.52. The Morgan fingerprint density at radius 1 is 1.21 bits per heavy atom. The van der Waals surface area contributed by atoms with Gasteiger partial charge < -0.3 is 14.8 Å². The standard InChI is InChI=1S/C22H26N2O4S/c1-27-22(26)19-17-7-2-3-8-18(17)29-21(19)23-20(25)16-6-4-5-15(13-16)14-24-9-11-28-12-10-24/h4-6,13H,2-3,7-12,14H2,1H3,(H,23,25). The molecule has 0 spiro atoms. The van der Waals surface area contributed by atoms with Crippen molar-refractivity contribution in [2.24, 2.45) is 0 Å². The maximum atomic E-state index is 12.9. The third-order valence-electron chi connectivity index (χ3n) is 5.49. The van der Waals surface area contributed by atoms with Crippen molar-refractivity contribution in [3.05, 3.63) is 51.4 Å². The average Bonchev–Trinajstić information content (AvgIpc) is 3.12. The second-order valence-corrected chi connectivity index (χ2v) is 8.55. The first-order valence-electron chi connectivity index (χ1n) is 10.1. The molecule has 6 nitrogen and oxygen atoms in total. The number of aryl methyl sites for hydroxylation is 1. The van der Waals surface area contributed by atoms with Crippen LogP contribution in [0.25, 0.3) is 0 Å². The lowest BCUT2D eigenvalue weighted by Gasteiger charge is -2.26. The van der Waals surface area contributed by atoms with E-state index in [0.717, 1.165) is 69.7 Å². The molecule has 0 atom stereocenters. The molecule has 0 radical (unpaired) electrons. The molecule has 2 aliphatic rings. The van der Waals surface area contributed by atoms with Gasteiger partial charge in [-0.05, 0) is 48.9 Å². The van der Waals surface area contributed by atoms with Crippen molar-refractivity contribution in [3.8, 4) is 0 Å². The van der Waals surface area contributed by atoms with Crippen molar-refractivity contribution in [1.29, 1.82) is 0 Å². The van der Waals surface area contributed by atoms with Crippen LogP contribution in [-0.4, -0.2) is 50.2 Å². The summed E-state index contributed by atoms with van der Waals surface area (Å²) in [6.07, 6.45) is 3.99. The van der Waals surface area contributed by atoms with E-state index in [-0.39, 0.29) is 11.9 Å². The summed E-state index contributed by atoms with van der Waals surface area (Å²) >= 11 is 1.51. The van der Waals surface area contributed by atoms with E-state index in [0.29, 0.717) is 16.1 Å². The molecule has 1 aliphatic carbocycles. The van der Waals surface area contributed by atoms with Gasteiger partial charge in [0.05, 0.1) is 25.9 Å². The molecule has 0 saturated carbocycles. The van der Waals surface area contributed by atoms with E-state index in [2.05, 4.69) is 10.2 Å². The van der Waals surface area contributed by atoms with E-state index in [9.17, 15) is 9.59 Å². The van der Waals surface area contributed by atoms with Crippen LogP contribution in [0, 0.1) is 0 Å². The number of anilines is 1. The number of nitrogens with one attached hydrogen (secondary N) is 1. The van der Waals surface area contributed by atoms with Crippen molar-refractivity contribution in [2.75, 3.05) is 38.7 Å². The van der Waals surface area contributed by atoms with Gasteiger partial charge in [0.1, 0.15) is 5.00 Å². The zero-order chi connectivity index (χ0) is 20.2. The SMILES string of the molecule is COC(=O)c1c(NC(=O)c2cccc(CN3CCOCC3)c2)sc2c1CCCC2.